The van der Waals surface area contributed by atoms with Crippen LogP contribution < -0.4 is 14.4 Å². The second-order valence-corrected chi connectivity index (χ2v) is 13.0. The Balaban J connectivity index is 1.81. The normalized spacial score (nSPS) is 11.8. The van der Waals surface area contributed by atoms with Crippen molar-refractivity contribution in [2.24, 2.45) is 0 Å². The number of nitrogens with one attached hydrogen (secondary N) is 1. The monoisotopic (exact) mass is 667 g/mol. The van der Waals surface area contributed by atoms with E-state index in [4.69, 9.17) is 27.9 Å². The van der Waals surface area contributed by atoms with Gasteiger partial charge in [-0.1, -0.05) is 90.8 Å². The summed E-state index contributed by atoms with van der Waals surface area (Å²) in [6.07, 6.45) is 0.900. The van der Waals surface area contributed by atoms with Crippen LogP contribution in [-0.2, 0) is 32.6 Å². The summed E-state index contributed by atoms with van der Waals surface area (Å²) >= 11 is 12.5. The maximum absolute atomic E-state index is 14.5. The molecule has 0 heterocycles. The predicted octanol–water partition coefficient (Wildman–Crippen LogP) is 6.36. The van der Waals surface area contributed by atoms with Gasteiger partial charge < -0.3 is 15.0 Å². The molecule has 4 aromatic rings. The van der Waals surface area contributed by atoms with Gasteiger partial charge in [0.2, 0.25) is 11.8 Å². The number of hydrogen-bond donors (Lipinski definition) is 1. The third kappa shape index (κ3) is 8.78. The van der Waals surface area contributed by atoms with E-state index in [1.165, 1.54) is 24.1 Å². The van der Waals surface area contributed by atoms with E-state index in [-0.39, 0.29) is 29.5 Å². The third-order valence-corrected chi connectivity index (χ3v) is 9.64. The first-order valence-electron chi connectivity index (χ1n) is 14.4. The van der Waals surface area contributed by atoms with E-state index in [0.29, 0.717) is 34.3 Å². The van der Waals surface area contributed by atoms with Crippen LogP contribution in [0.25, 0.3) is 0 Å². The van der Waals surface area contributed by atoms with Gasteiger partial charge in [-0.2, -0.15) is 0 Å². The molecular weight excluding hydrogens is 633 g/mol. The largest absolute Gasteiger partial charge is 0.497 e. The van der Waals surface area contributed by atoms with Gasteiger partial charge in [0.05, 0.1) is 27.7 Å². The fourth-order valence-electron chi connectivity index (χ4n) is 4.77. The Labute approximate surface area is 274 Å². The number of carbonyl (C=O) groups excluding carboxylic acids is 2. The van der Waals surface area contributed by atoms with E-state index in [1.54, 1.807) is 60.7 Å². The molecule has 4 aromatic carbocycles. The zero-order chi connectivity index (χ0) is 32.4. The molecule has 2 amide bonds. The van der Waals surface area contributed by atoms with Gasteiger partial charge in [-0.3, -0.25) is 13.9 Å². The minimum absolute atomic E-state index is 0.0122. The zero-order valence-electron chi connectivity index (χ0n) is 25.0. The SMILES string of the molecule is CCCNC(=O)[C@@H](Cc1ccccc1)N(Cc1ccc(Cl)c(Cl)c1)C(=O)CN(c1cccc(OC)c1)S(=O)(=O)c1ccccc1. The number of rotatable bonds is 14. The number of hydrogen-bond acceptors (Lipinski definition) is 5. The highest BCUT2D eigenvalue weighted by Gasteiger charge is 2.34. The number of anilines is 1. The van der Waals surface area contributed by atoms with Gasteiger partial charge in [0.25, 0.3) is 10.0 Å². The van der Waals surface area contributed by atoms with Gasteiger partial charge in [-0.05, 0) is 53.9 Å². The van der Waals surface area contributed by atoms with Gasteiger partial charge in [0, 0.05) is 25.6 Å². The van der Waals surface area contributed by atoms with Crippen molar-refractivity contribution in [3.63, 3.8) is 0 Å². The summed E-state index contributed by atoms with van der Waals surface area (Å²) in [6.45, 7) is 1.74. The van der Waals surface area contributed by atoms with Crippen LogP contribution in [0, 0.1) is 0 Å². The summed E-state index contributed by atoms with van der Waals surface area (Å²) in [7, 11) is -2.75. The van der Waals surface area contributed by atoms with Crippen LogP contribution in [0.4, 0.5) is 5.69 Å². The topological polar surface area (TPSA) is 96.0 Å². The highest BCUT2D eigenvalue weighted by molar-refractivity contribution is 7.92. The minimum atomic E-state index is -4.22. The van der Waals surface area contributed by atoms with Crippen molar-refractivity contribution in [2.75, 3.05) is 24.5 Å². The third-order valence-electron chi connectivity index (χ3n) is 7.11. The molecule has 0 saturated heterocycles. The molecule has 1 atom stereocenters. The highest BCUT2D eigenvalue weighted by Crippen LogP contribution is 2.29. The summed E-state index contributed by atoms with van der Waals surface area (Å²) in [5, 5.41) is 3.56. The molecule has 8 nitrogen and oxygen atoms in total. The summed E-state index contributed by atoms with van der Waals surface area (Å²) in [6, 6.07) is 27.7. The Morgan fingerprint density at radius 3 is 2.18 bits per heavy atom. The van der Waals surface area contributed by atoms with Crippen LogP contribution in [0.15, 0.2) is 108 Å². The lowest BCUT2D eigenvalue weighted by molar-refractivity contribution is -0.140. The van der Waals surface area contributed by atoms with Crippen LogP contribution in [-0.4, -0.2) is 51.4 Å². The van der Waals surface area contributed by atoms with Crippen molar-refractivity contribution in [1.29, 1.82) is 0 Å². The molecule has 0 aromatic heterocycles. The summed E-state index contributed by atoms with van der Waals surface area (Å²) in [5.41, 5.74) is 1.69. The van der Waals surface area contributed by atoms with Gasteiger partial charge in [-0.25, -0.2) is 8.42 Å². The van der Waals surface area contributed by atoms with Crippen molar-refractivity contribution < 1.29 is 22.7 Å². The Morgan fingerprint density at radius 2 is 1.53 bits per heavy atom. The molecule has 0 unspecified atom stereocenters. The van der Waals surface area contributed by atoms with Crippen LogP contribution in [0.5, 0.6) is 5.75 Å². The van der Waals surface area contributed by atoms with E-state index in [9.17, 15) is 18.0 Å². The van der Waals surface area contributed by atoms with E-state index >= 15 is 0 Å². The molecule has 1 N–H and O–H groups in total. The summed E-state index contributed by atoms with van der Waals surface area (Å²) in [5.74, 6) is -0.522. The lowest BCUT2D eigenvalue weighted by Crippen LogP contribution is -2.53. The first-order chi connectivity index (χ1) is 21.6. The highest BCUT2D eigenvalue weighted by atomic mass is 35.5. The number of halogens is 2. The number of carbonyl (C=O) groups is 2. The number of ether oxygens (including phenoxy) is 1. The molecule has 0 fully saturated rings. The molecule has 11 heteroatoms. The molecule has 0 spiro atoms. The maximum atomic E-state index is 14.5. The molecule has 0 aliphatic rings. The van der Waals surface area contributed by atoms with Crippen molar-refractivity contribution in [1.82, 2.24) is 10.2 Å². The molecule has 0 radical (unpaired) electrons. The molecule has 4 rings (SSSR count). The molecule has 0 bridgehead atoms. The van der Waals surface area contributed by atoms with E-state index in [0.717, 1.165) is 9.87 Å². The Kier molecular flexibility index (Phi) is 11.9. The van der Waals surface area contributed by atoms with Crippen LogP contribution in [0.1, 0.15) is 24.5 Å². The van der Waals surface area contributed by atoms with Crippen molar-refractivity contribution in [3.8, 4) is 5.75 Å². The smallest absolute Gasteiger partial charge is 0.264 e. The van der Waals surface area contributed by atoms with Crippen LogP contribution in [0.2, 0.25) is 10.0 Å². The maximum Gasteiger partial charge on any atom is 0.264 e. The van der Waals surface area contributed by atoms with Gasteiger partial charge in [-0.15, -0.1) is 0 Å². The van der Waals surface area contributed by atoms with Crippen molar-refractivity contribution in [2.45, 2.75) is 37.2 Å². The van der Waals surface area contributed by atoms with Crippen LogP contribution in [0.3, 0.4) is 0 Å². The standard InChI is InChI=1S/C34H35Cl2N3O5S/c1-3-19-37-34(41)32(21-25-11-6-4-7-12-25)38(23-26-17-18-30(35)31(36)20-26)33(40)24-39(27-13-10-14-28(22-27)44-2)45(42,43)29-15-8-5-9-16-29/h4-18,20,22,32H,3,19,21,23-24H2,1-2H3,(H,37,41)/t32-/m1/s1. The van der Waals surface area contributed by atoms with Crippen molar-refractivity contribution >= 4 is 50.7 Å². The van der Waals surface area contributed by atoms with Gasteiger partial charge in [0.1, 0.15) is 18.3 Å². The Morgan fingerprint density at radius 1 is 0.844 bits per heavy atom. The fraction of sp³-hybridized carbons (Fsp3) is 0.235. The number of sulfonamides is 1. The minimum Gasteiger partial charge on any atom is -0.497 e. The molecular formula is C34H35Cl2N3O5S. The summed E-state index contributed by atoms with van der Waals surface area (Å²) in [4.78, 5) is 29.6. The first-order valence-corrected chi connectivity index (χ1v) is 16.6. The zero-order valence-corrected chi connectivity index (χ0v) is 27.4. The fourth-order valence-corrected chi connectivity index (χ4v) is 6.52. The van der Waals surface area contributed by atoms with E-state index < -0.39 is 28.5 Å². The Bertz CT molecular complexity index is 1710. The van der Waals surface area contributed by atoms with E-state index in [1.807, 2.05) is 37.3 Å². The van der Waals surface area contributed by atoms with Crippen molar-refractivity contribution in [3.05, 3.63) is 124 Å². The lowest BCUT2D eigenvalue weighted by atomic mass is 10.0. The summed E-state index contributed by atoms with van der Waals surface area (Å²) < 4.78 is 34.5. The molecule has 0 aliphatic heterocycles. The predicted molar refractivity (Wildman–Crippen MR) is 178 cm³/mol. The number of nitrogens with zero attached hydrogens (tertiary/aromatic N) is 2. The van der Waals surface area contributed by atoms with E-state index in [2.05, 4.69) is 5.32 Å². The van der Waals surface area contributed by atoms with Gasteiger partial charge in [0.15, 0.2) is 0 Å². The molecule has 45 heavy (non-hydrogen) atoms. The molecule has 0 aliphatic carbocycles. The van der Waals surface area contributed by atoms with Gasteiger partial charge >= 0.3 is 0 Å². The lowest BCUT2D eigenvalue weighted by Gasteiger charge is -2.34. The average Bonchev–Trinajstić information content (AvgIpc) is 3.06. The molecule has 0 saturated carbocycles. The second kappa shape index (κ2) is 15.8. The number of amides is 2. The van der Waals surface area contributed by atoms with Crippen LogP contribution >= 0.6 is 23.2 Å². The number of benzene rings is 4. The quantitative estimate of drug-likeness (QED) is 0.169. The average molecular weight is 669 g/mol. The second-order valence-electron chi connectivity index (χ2n) is 10.3. The molecule has 236 valence electrons. The first kappa shape index (κ1) is 33.8. The number of methoxy groups -OCH3 is 1. The Hall–Kier alpha value is -4.05.